The van der Waals surface area contributed by atoms with Crippen molar-refractivity contribution in [3.8, 4) is 0 Å². The third-order valence-electron chi connectivity index (χ3n) is 3.82. The number of hydrogen-bond donors (Lipinski definition) is 0. The van der Waals surface area contributed by atoms with Gasteiger partial charge in [0, 0.05) is 0 Å². The molecule has 5 heteroatoms. The summed E-state index contributed by atoms with van der Waals surface area (Å²) in [6.07, 6.45) is 0. The highest BCUT2D eigenvalue weighted by molar-refractivity contribution is 7.27. The minimum Gasteiger partial charge on any atom is -0.153 e. The molecule has 0 fully saturated rings. The van der Waals surface area contributed by atoms with E-state index in [1.807, 2.05) is 0 Å². The molecule has 0 aromatic carbocycles. The molecular formula is C16H12S4Si. The molecule has 0 aliphatic carbocycles. The van der Waals surface area contributed by atoms with Crippen LogP contribution in [0.3, 0.4) is 0 Å². The fraction of sp³-hybridized carbons (Fsp3) is 0. The minimum atomic E-state index is -2.05. The van der Waals surface area contributed by atoms with Crippen LogP contribution in [0.4, 0.5) is 0 Å². The second kappa shape index (κ2) is 5.66. The molecule has 0 nitrogen and oxygen atoms in total. The Morgan fingerprint density at radius 1 is 0.476 bits per heavy atom. The second-order valence-corrected chi connectivity index (χ2v) is 11.7. The first-order valence-electron chi connectivity index (χ1n) is 6.53. The first-order valence-corrected chi connectivity index (χ1v) is 12.3. The molecule has 0 spiro atoms. The Bertz CT molecular complexity index is 638. The summed E-state index contributed by atoms with van der Waals surface area (Å²) in [5.41, 5.74) is 0. The standard InChI is InChI=1S/C16H12S4Si/c1-5-17-9-13(1)21(14-2-6-18-10-14,15-3-7-19-11-15)16-4-8-20-12-16/h1-12H. The zero-order chi connectivity index (χ0) is 14.1. The van der Waals surface area contributed by atoms with Crippen molar-refractivity contribution in [2.75, 3.05) is 0 Å². The van der Waals surface area contributed by atoms with Crippen LogP contribution in [-0.4, -0.2) is 8.07 Å². The summed E-state index contributed by atoms with van der Waals surface area (Å²) in [6, 6.07) is 9.29. The molecule has 0 atom stereocenters. The quantitative estimate of drug-likeness (QED) is 0.490. The van der Waals surface area contributed by atoms with Crippen LogP contribution in [0.5, 0.6) is 0 Å². The number of hydrogen-bond acceptors (Lipinski definition) is 4. The molecule has 0 saturated heterocycles. The van der Waals surface area contributed by atoms with Crippen LogP contribution >= 0.6 is 45.3 Å². The van der Waals surface area contributed by atoms with Gasteiger partial charge in [0.05, 0.1) is 0 Å². The van der Waals surface area contributed by atoms with Crippen molar-refractivity contribution in [1.29, 1.82) is 0 Å². The van der Waals surface area contributed by atoms with Gasteiger partial charge in [-0.3, -0.25) is 0 Å². The average molecular weight is 361 g/mol. The fourth-order valence-corrected chi connectivity index (χ4v) is 12.5. The molecule has 0 radical (unpaired) electrons. The molecule has 21 heavy (non-hydrogen) atoms. The van der Waals surface area contributed by atoms with Gasteiger partial charge < -0.3 is 0 Å². The Hall–Kier alpha value is -0.983. The molecule has 104 valence electrons. The van der Waals surface area contributed by atoms with E-state index in [1.54, 1.807) is 45.3 Å². The summed E-state index contributed by atoms with van der Waals surface area (Å²) in [4.78, 5) is 0. The summed E-state index contributed by atoms with van der Waals surface area (Å²) in [7, 11) is -2.05. The Morgan fingerprint density at radius 3 is 0.952 bits per heavy atom. The molecule has 0 amide bonds. The highest BCUT2D eigenvalue weighted by Gasteiger charge is 2.42. The molecular weight excluding hydrogens is 349 g/mol. The third kappa shape index (κ3) is 2.12. The average Bonchev–Trinajstić information content (AvgIpc) is 3.32. The maximum Gasteiger partial charge on any atom is 0.182 e. The normalized spacial score (nSPS) is 11.8. The lowest BCUT2D eigenvalue weighted by Gasteiger charge is -2.30. The zero-order valence-electron chi connectivity index (χ0n) is 11.1. The molecule has 0 saturated carbocycles. The van der Waals surface area contributed by atoms with Gasteiger partial charge in [-0.2, -0.15) is 45.3 Å². The Morgan fingerprint density at radius 2 is 0.762 bits per heavy atom. The van der Waals surface area contributed by atoms with E-state index in [0.717, 1.165) is 0 Å². The van der Waals surface area contributed by atoms with E-state index < -0.39 is 8.07 Å². The first kappa shape index (κ1) is 13.7. The predicted molar refractivity (Wildman–Crippen MR) is 102 cm³/mol. The monoisotopic (exact) mass is 360 g/mol. The van der Waals surface area contributed by atoms with E-state index in [-0.39, 0.29) is 0 Å². The summed E-state index contributed by atoms with van der Waals surface area (Å²) in [5.74, 6) is 0. The van der Waals surface area contributed by atoms with Crippen LogP contribution in [-0.2, 0) is 0 Å². The largest absolute Gasteiger partial charge is 0.182 e. The van der Waals surface area contributed by atoms with E-state index in [9.17, 15) is 0 Å². The Balaban J connectivity index is 2.10. The maximum absolute atomic E-state index is 2.35. The van der Waals surface area contributed by atoms with Crippen molar-refractivity contribution in [2.45, 2.75) is 0 Å². The summed E-state index contributed by atoms with van der Waals surface area (Å²) < 4.78 is 0. The van der Waals surface area contributed by atoms with E-state index in [4.69, 9.17) is 0 Å². The summed E-state index contributed by atoms with van der Waals surface area (Å²) in [5, 5.41) is 24.2. The second-order valence-electron chi connectivity index (χ2n) is 4.80. The van der Waals surface area contributed by atoms with Crippen molar-refractivity contribution < 1.29 is 0 Å². The van der Waals surface area contributed by atoms with Gasteiger partial charge in [-0.15, -0.1) is 0 Å². The van der Waals surface area contributed by atoms with Gasteiger partial charge in [0.2, 0.25) is 0 Å². The zero-order valence-corrected chi connectivity index (χ0v) is 15.3. The van der Waals surface area contributed by atoms with Crippen LogP contribution in [0.1, 0.15) is 0 Å². The topological polar surface area (TPSA) is 0 Å². The highest BCUT2D eigenvalue weighted by Crippen LogP contribution is 2.15. The predicted octanol–water partition coefficient (Wildman–Crippen LogP) is 3.31. The Kier molecular flexibility index (Phi) is 3.68. The van der Waals surface area contributed by atoms with Crippen LogP contribution in [0, 0.1) is 0 Å². The highest BCUT2D eigenvalue weighted by atomic mass is 32.1. The van der Waals surface area contributed by atoms with Crippen LogP contribution in [0.15, 0.2) is 67.3 Å². The third-order valence-corrected chi connectivity index (χ3v) is 12.1. The Labute approximate surface area is 141 Å². The molecule has 4 heterocycles. The molecule has 0 unspecified atom stereocenters. The molecule has 0 N–H and O–H groups in total. The van der Waals surface area contributed by atoms with Gasteiger partial charge in [-0.25, -0.2) is 0 Å². The van der Waals surface area contributed by atoms with Crippen molar-refractivity contribution in [2.24, 2.45) is 0 Å². The maximum atomic E-state index is 2.35. The summed E-state index contributed by atoms with van der Waals surface area (Å²) in [6.45, 7) is 0. The van der Waals surface area contributed by atoms with Gasteiger partial charge in [0.25, 0.3) is 0 Å². The molecule has 0 aliphatic heterocycles. The van der Waals surface area contributed by atoms with Crippen LogP contribution < -0.4 is 20.7 Å². The number of rotatable bonds is 4. The van der Waals surface area contributed by atoms with Gasteiger partial charge in [0.15, 0.2) is 8.07 Å². The van der Waals surface area contributed by atoms with E-state index in [0.29, 0.717) is 0 Å². The molecule has 4 aromatic rings. The van der Waals surface area contributed by atoms with Gasteiger partial charge >= 0.3 is 0 Å². The molecule has 4 rings (SSSR count). The fourth-order valence-electron chi connectivity index (χ4n) is 2.91. The number of thiophene rings is 4. The van der Waals surface area contributed by atoms with Gasteiger partial charge in [-0.05, 0) is 63.8 Å². The lowest BCUT2D eigenvalue weighted by molar-refractivity contribution is 1.89. The molecule has 0 aliphatic rings. The van der Waals surface area contributed by atoms with Crippen LogP contribution in [0.25, 0.3) is 0 Å². The van der Waals surface area contributed by atoms with E-state index in [1.165, 1.54) is 20.7 Å². The SMILES string of the molecule is c1cc([Si](c2ccsc2)(c2ccsc2)c2ccsc2)cs1. The molecule has 4 aromatic heterocycles. The van der Waals surface area contributed by atoms with Crippen molar-refractivity contribution in [3.05, 3.63) is 67.3 Å². The van der Waals surface area contributed by atoms with Crippen molar-refractivity contribution in [1.82, 2.24) is 0 Å². The molecule has 0 bridgehead atoms. The lowest BCUT2D eigenvalue weighted by atomic mass is 10.6. The smallest absolute Gasteiger partial charge is 0.153 e. The minimum absolute atomic E-state index is 1.50. The van der Waals surface area contributed by atoms with E-state index in [2.05, 4.69) is 67.3 Å². The van der Waals surface area contributed by atoms with Crippen molar-refractivity contribution in [3.63, 3.8) is 0 Å². The van der Waals surface area contributed by atoms with Gasteiger partial charge in [0.1, 0.15) is 0 Å². The van der Waals surface area contributed by atoms with Crippen molar-refractivity contribution >= 4 is 74.2 Å². The summed E-state index contributed by atoms with van der Waals surface area (Å²) >= 11 is 7.21. The van der Waals surface area contributed by atoms with Crippen LogP contribution in [0.2, 0.25) is 0 Å². The van der Waals surface area contributed by atoms with E-state index >= 15 is 0 Å². The van der Waals surface area contributed by atoms with Gasteiger partial charge in [-0.1, -0.05) is 24.3 Å². The first-order chi connectivity index (χ1) is 10.4. The lowest BCUT2D eigenvalue weighted by Crippen LogP contribution is -2.73.